The summed E-state index contributed by atoms with van der Waals surface area (Å²) in [6.45, 7) is 4.23. The van der Waals surface area contributed by atoms with E-state index >= 15 is 0 Å². The largest absolute Gasteiger partial charge is 0.310 e. The molecule has 108 valence electrons. The molecule has 0 spiro atoms. The van der Waals surface area contributed by atoms with Gasteiger partial charge in [0, 0.05) is 11.5 Å². The van der Waals surface area contributed by atoms with Crippen LogP contribution in [-0.2, 0) is 5.41 Å². The van der Waals surface area contributed by atoms with Crippen LogP contribution in [0.1, 0.15) is 69.8 Å². The van der Waals surface area contributed by atoms with Gasteiger partial charge in [-0.15, -0.1) is 0 Å². The third kappa shape index (κ3) is 1.86. The Labute approximate surface area is 120 Å². The molecule has 0 aromatic carbocycles. The van der Waals surface area contributed by atoms with E-state index in [9.17, 15) is 4.79 Å². The lowest BCUT2D eigenvalue weighted by Gasteiger charge is -2.56. The molecule has 4 aliphatic rings. The number of H-pyrrole nitrogens is 1. The third-order valence-electron chi connectivity index (χ3n) is 5.89. The summed E-state index contributed by atoms with van der Waals surface area (Å²) in [6, 6.07) is 1.68. The number of hydrogen-bond acceptors (Lipinski definition) is 2. The summed E-state index contributed by atoms with van der Waals surface area (Å²) in [5, 5.41) is 0. The van der Waals surface area contributed by atoms with Gasteiger partial charge >= 0.3 is 0 Å². The molecule has 3 nitrogen and oxygen atoms in total. The fraction of sp³-hybridized carbons (Fsp3) is 0.765. The predicted molar refractivity (Wildman–Crippen MR) is 78.8 cm³/mol. The molecular formula is C17H24N2O. The highest BCUT2D eigenvalue weighted by molar-refractivity contribution is 5.19. The maximum absolute atomic E-state index is 12.0. The van der Waals surface area contributed by atoms with E-state index in [2.05, 4.69) is 18.8 Å². The van der Waals surface area contributed by atoms with Gasteiger partial charge in [-0.1, -0.05) is 13.8 Å². The van der Waals surface area contributed by atoms with Crippen molar-refractivity contribution < 1.29 is 0 Å². The van der Waals surface area contributed by atoms with Crippen molar-refractivity contribution in [1.82, 2.24) is 9.97 Å². The molecule has 4 aliphatic carbocycles. The van der Waals surface area contributed by atoms with Crippen molar-refractivity contribution in [2.45, 2.75) is 63.7 Å². The highest BCUT2D eigenvalue weighted by Gasteiger charge is 2.52. The van der Waals surface area contributed by atoms with E-state index in [0.29, 0.717) is 5.92 Å². The fourth-order valence-electron chi connectivity index (χ4n) is 5.42. The minimum atomic E-state index is 0.0365. The van der Waals surface area contributed by atoms with Crippen LogP contribution >= 0.6 is 0 Å². The van der Waals surface area contributed by atoms with Gasteiger partial charge in [0.2, 0.25) is 0 Å². The van der Waals surface area contributed by atoms with E-state index < -0.39 is 0 Å². The first-order chi connectivity index (χ1) is 9.54. The molecule has 3 heteroatoms. The molecule has 4 bridgehead atoms. The second-order valence-electron chi connectivity index (χ2n) is 7.87. The molecule has 5 rings (SSSR count). The summed E-state index contributed by atoms with van der Waals surface area (Å²) < 4.78 is 0. The van der Waals surface area contributed by atoms with Gasteiger partial charge in [-0.2, -0.15) is 0 Å². The van der Waals surface area contributed by atoms with Crippen LogP contribution in [0.15, 0.2) is 10.9 Å². The maximum atomic E-state index is 12.0. The van der Waals surface area contributed by atoms with Crippen LogP contribution in [0.2, 0.25) is 0 Å². The van der Waals surface area contributed by atoms with Crippen molar-refractivity contribution in [2.24, 2.45) is 17.8 Å². The summed E-state index contributed by atoms with van der Waals surface area (Å²) in [5.41, 5.74) is 1.19. The lowest BCUT2D eigenvalue weighted by Crippen LogP contribution is -2.50. The molecule has 0 aliphatic heterocycles. The van der Waals surface area contributed by atoms with E-state index in [-0.39, 0.29) is 11.0 Å². The van der Waals surface area contributed by atoms with Gasteiger partial charge in [0.1, 0.15) is 5.82 Å². The van der Waals surface area contributed by atoms with Crippen molar-refractivity contribution in [3.8, 4) is 0 Å². The van der Waals surface area contributed by atoms with Crippen LogP contribution in [0.5, 0.6) is 0 Å². The first kappa shape index (κ1) is 12.6. The zero-order valence-electron chi connectivity index (χ0n) is 12.5. The van der Waals surface area contributed by atoms with E-state index in [4.69, 9.17) is 4.98 Å². The number of rotatable bonds is 2. The summed E-state index contributed by atoms with van der Waals surface area (Å²) in [5.74, 6) is 3.98. The average molecular weight is 272 g/mol. The Morgan fingerprint density at radius 1 is 1.15 bits per heavy atom. The third-order valence-corrected chi connectivity index (χ3v) is 5.89. The van der Waals surface area contributed by atoms with E-state index in [1.54, 1.807) is 6.07 Å². The second kappa shape index (κ2) is 4.19. The van der Waals surface area contributed by atoms with Gasteiger partial charge in [-0.25, -0.2) is 4.98 Å². The molecule has 0 amide bonds. The van der Waals surface area contributed by atoms with Crippen molar-refractivity contribution in [1.29, 1.82) is 0 Å². The zero-order valence-corrected chi connectivity index (χ0v) is 12.5. The summed E-state index contributed by atoms with van der Waals surface area (Å²) >= 11 is 0. The Kier molecular flexibility index (Phi) is 2.64. The van der Waals surface area contributed by atoms with Gasteiger partial charge in [0.25, 0.3) is 5.56 Å². The molecule has 4 saturated carbocycles. The smallest absolute Gasteiger partial charge is 0.251 e. The molecule has 4 fully saturated rings. The van der Waals surface area contributed by atoms with Crippen molar-refractivity contribution >= 4 is 0 Å². The molecule has 1 aromatic rings. The highest BCUT2D eigenvalue weighted by atomic mass is 16.1. The van der Waals surface area contributed by atoms with Crippen molar-refractivity contribution in [3.05, 3.63) is 27.9 Å². The molecule has 0 atom stereocenters. The van der Waals surface area contributed by atoms with Gasteiger partial charge in [0.05, 0.1) is 5.69 Å². The molecule has 1 heterocycles. The maximum Gasteiger partial charge on any atom is 0.251 e. The lowest BCUT2D eigenvalue weighted by molar-refractivity contribution is -0.00962. The summed E-state index contributed by atoms with van der Waals surface area (Å²) in [4.78, 5) is 20.0. The second-order valence-corrected chi connectivity index (χ2v) is 7.87. The Bertz CT molecular complexity index is 552. The highest BCUT2D eigenvalue weighted by Crippen LogP contribution is 2.60. The van der Waals surface area contributed by atoms with Crippen LogP contribution in [0.4, 0.5) is 0 Å². The van der Waals surface area contributed by atoms with Gasteiger partial charge in [-0.05, 0) is 62.2 Å². The number of aromatic amines is 1. The predicted octanol–water partition coefficient (Wildman–Crippen LogP) is 3.36. The molecule has 0 radical (unpaired) electrons. The SMILES string of the molecule is CC(C)c1cc(=O)[nH]c(C23CC4CC(CC(C4)C2)C3)n1. The first-order valence-corrected chi connectivity index (χ1v) is 8.16. The van der Waals surface area contributed by atoms with Crippen molar-refractivity contribution in [3.63, 3.8) is 0 Å². The standard InChI is InChI=1S/C17H24N2O/c1-10(2)14-6-15(20)19-16(18-14)17-7-11-3-12(8-17)5-13(4-11)9-17/h6,10-13H,3-5,7-9H2,1-2H3,(H,18,19,20). The molecule has 1 aromatic heterocycles. The Hall–Kier alpha value is -1.12. The zero-order chi connectivity index (χ0) is 13.9. The van der Waals surface area contributed by atoms with E-state index in [0.717, 1.165) is 29.3 Å². The monoisotopic (exact) mass is 272 g/mol. The molecular weight excluding hydrogens is 248 g/mol. The van der Waals surface area contributed by atoms with E-state index in [1.807, 2.05) is 0 Å². The number of hydrogen-bond donors (Lipinski definition) is 1. The van der Waals surface area contributed by atoms with Gasteiger partial charge in [-0.3, -0.25) is 4.79 Å². The molecule has 20 heavy (non-hydrogen) atoms. The van der Waals surface area contributed by atoms with Crippen LogP contribution in [0.25, 0.3) is 0 Å². The van der Waals surface area contributed by atoms with Crippen LogP contribution in [-0.4, -0.2) is 9.97 Å². The topological polar surface area (TPSA) is 45.8 Å². The van der Waals surface area contributed by atoms with Crippen LogP contribution in [0, 0.1) is 17.8 Å². The Balaban J connectivity index is 1.79. The Morgan fingerprint density at radius 2 is 1.70 bits per heavy atom. The molecule has 1 N–H and O–H groups in total. The van der Waals surface area contributed by atoms with Gasteiger partial charge in [0.15, 0.2) is 0 Å². The Morgan fingerprint density at radius 3 is 2.20 bits per heavy atom. The normalized spacial score (nSPS) is 38.6. The lowest BCUT2D eigenvalue weighted by atomic mass is 9.49. The minimum absolute atomic E-state index is 0.0365. The molecule has 0 unspecified atom stereocenters. The summed E-state index contributed by atoms with van der Waals surface area (Å²) in [6.07, 6.45) is 8.03. The first-order valence-electron chi connectivity index (χ1n) is 8.16. The fourth-order valence-corrected chi connectivity index (χ4v) is 5.42. The summed E-state index contributed by atoms with van der Waals surface area (Å²) in [7, 11) is 0. The quantitative estimate of drug-likeness (QED) is 0.897. The number of nitrogens with zero attached hydrogens (tertiary/aromatic N) is 1. The van der Waals surface area contributed by atoms with Crippen LogP contribution in [0.3, 0.4) is 0 Å². The van der Waals surface area contributed by atoms with Crippen LogP contribution < -0.4 is 5.56 Å². The average Bonchev–Trinajstić information content (AvgIpc) is 2.36. The number of nitrogens with one attached hydrogen (secondary N) is 1. The van der Waals surface area contributed by atoms with Gasteiger partial charge < -0.3 is 4.98 Å². The van der Waals surface area contributed by atoms with E-state index in [1.165, 1.54) is 38.5 Å². The van der Waals surface area contributed by atoms with Crippen molar-refractivity contribution in [2.75, 3.05) is 0 Å². The minimum Gasteiger partial charge on any atom is -0.310 e. The molecule has 0 saturated heterocycles. The number of aromatic nitrogens is 2.